The van der Waals surface area contributed by atoms with Crippen molar-refractivity contribution in [2.24, 2.45) is 11.8 Å². The van der Waals surface area contributed by atoms with Gasteiger partial charge in [-0.25, -0.2) is 0 Å². The molecular formula is C21H32O2. The summed E-state index contributed by atoms with van der Waals surface area (Å²) in [5.74, 6) is 0.708. The molecule has 0 aromatic rings. The Morgan fingerprint density at radius 3 is 2.65 bits per heavy atom. The van der Waals surface area contributed by atoms with E-state index in [0.29, 0.717) is 18.3 Å². The zero-order valence-electron chi connectivity index (χ0n) is 14.5. The maximum Gasteiger partial charge on any atom is 0.303 e. The minimum atomic E-state index is -0.678. The Morgan fingerprint density at radius 2 is 1.87 bits per heavy atom. The normalized spacial score (nSPS) is 21.3. The van der Waals surface area contributed by atoms with Crippen LogP contribution in [0.15, 0.2) is 48.6 Å². The Hall–Kier alpha value is -1.57. The van der Waals surface area contributed by atoms with E-state index in [9.17, 15) is 4.79 Å². The van der Waals surface area contributed by atoms with E-state index in [2.05, 4.69) is 55.5 Å². The van der Waals surface area contributed by atoms with Crippen LogP contribution in [-0.4, -0.2) is 11.1 Å². The molecule has 0 bridgehead atoms. The van der Waals surface area contributed by atoms with E-state index in [0.717, 1.165) is 19.3 Å². The van der Waals surface area contributed by atoms with E-state index < -0.39 is 5.97 Å². The monoisotopic (exact) mass is 316 g/mol. The Kier molecular flexibility index (Phi) is 10.9. The predicted molar refractivity (Wildman–Crippen MR) is 98.4 cm³/mol. The van der Waals surface area contributed by atoms with Gasteiger partial charge in [0.25, 0.3) is 0 Å². The lowest BCUT2D eigenvalue weighted by Crippen LogP contribution is -1.94. The zero-order chi connectivity index (χ0) is 16.8. The van der Waals surface area contributed by atoms with Gasteiger partial charge in [-0.15, -0.1) is 0 Å². The van der Waals surface area contributed by atoms with Crippen molar-refractivity contribution in [3.05, 3.63) is 48.6 Å². The number of rotatable bonds is 13. The summed E-state index contributed by atoms with van der Waals surface area (Å²) in [6.45, 7) is 2.23. The Labute approximate surface area is 141 Å². The number of carboxylic acid groups (broad SMARTS) is 1. The molecule has 1 fully saturated rings. The van der Waals surface area contributed by atoms with Crippen LogP contribution in [0.5, 0.6) is 0 Å². The summed E-state index contributed by atoms with van der Waals surface area (Å²) < 4.78 is 0. The lowest BCUT2D eigenvalue weighted by molar-refractivity contribution is -0.137. The molecule has 0 saturated heterocycles. The first kappa shape index (κ1) is 19.5. The van der Waals surface area contributed by atoms with Crippen LogP contribution < -0.4 is 0 Å². The molecule has 2 atom stereocenters. The highest BCUT2D eigenvalue weighted by atomic mass is 16.4. The van der Waals surface area contributed by atoms with Gasteiger partial charge in [0.05, 0.1) is 0 Å². The average molecular weight is 316 g/mol. The van der Waals surface area contributed by atoms with Crippen LogP contribution in [0.2, 0.25) is 0 Å². The van der Waals surface area contributed by atoms with Crippen molar-refractivity contribution in [3.63, 3.8) is 0 Å². The Balaban J connectivity index is 1.99. The fraction of sp³-hybridized carbons (Fsp3) is 0.571. The molecule has 2 heteroatoms. The van der Waals surface area contributed by atoms with Crippen LogP contribution >= 0.6 is 0 Å². The molecule has 1 saturated carbocycles. The van der Waals surface area contributed by atoms with Crippen LogP contribution in [0.1, 0.15) is 64.7 Å². The molecule has 2 nitrogen and oxygen atoms in total. The largest absolute Gasteiger partial charge is 0.481 e. The number of allylic oxidation sites excluding steroid dienone is 8. The van der Waals surface area contributed by atoms with Gasteiger partial charge in [-0.05, 0) is 50.4 Å². The first-order valence-corrected chi connectivity index (χ1v) is 9.10. The molecule has 1 rings (SSSR count). The summed E-state index contributed by atoms with van der Waals surface area (Å²) in [6.07, 6.45) is 26.8. The average Bonchev–Trinajstić information content (AvgIpc) is 3.26. The minimum Gasteiger partial charge on any atom is -0.481 e. The molecule has 0 aromatic heterocycles. The third-order valence-corrected chi connectivity index (χ3v) is 4.18. The number of unbranched alkanes of at least 4 members (excludes halogenated alkanes) is 3. The lowest BCUT2D eigenvalue weighted by atomic mass is 10.1. The van der Waals surface area contributed by atoms with Gasteiger partial charge >= 0.3 is 5.97 Å². The number of carbonyl (C=O) groups is 1. The quantitative estimate of drug-likeness (QED) is 0.254. The van der Waals surface area contributed by atoms with Crippen molar-refractivity contribution in [2.75, 3.05) is 0 Å². The molecule has 0 heterocycles. The van der Waals surface area contributed by atoms with Crippen LogP contribution in [0.4, 0.5) is 0 Å². The summed E-state index contributed by atoms with van der Waals surface area (Å²) in [7, 11) is 0. The second-order valence-corrected chi connectivity index (χ2v) is 6.35. The summed E-state index contributed by atoms with van der Waals surface area (Å²) in [6, 6.07) is 0. The number of aliphatic carboxylic acids is 1. The zero-order valence-corrected chi connectivity index (χ0v) is 14.5. The number of carboxylic acids is 1. The first-order chi connectivity index (χ1) is 11.2. The number of hydrogen-bond donors (Lipinski definition) is 1. The van der Waals surface area contributed by atoms with E-state index in [1.165, 1.54) is 32.1 Å². The van der Waals surface area contributed by atoms with E-state index in [1.807, 2.05) is 0 Å². The molecule has 128 valence electrons. The molecule has 1 aliphatic carbocycles. The SMILES string of the molecule is CCCCC/C=C\C\C=C/C=C/C=C/C1CC1CCCC(=O)O. The highest BCUT2D eigenvalue weighted by molar-refractivity contribution is 5.66. The molecular weight excluding hydrogens is 284 g/mol. The van der Waals surface area contributed by atoms with Gasteiger partial charge in [0.15, 0.2) is 0 Å². The third-order valence-electron chi connectivity index (χ3n) is 4.18. The van der Waals surface area contributed by atoms with E-state index in [1.54, 1.807) is 0 Å². The fourth-order valence-corrected chi connectivity index (χ4v) is 2.65. The van der Waals surface area contributed by atoms with Gasteiger partial charge in [-0.1, -0.05) is 68.4 Å². The van der Waals surface area contributed by atoms with Crippen LogP contribution in [0, 0.1) is 11.8 Å². The minimum absolute atomic E-state index is 0.310. The number of hydrogen-bond acceptors (Lipinski definition) is 1. The van der Waals surface area contributed by atoms with Crippen molar-refractivity contribution in [1.82, 2.24) is 0 Å². The standard InChI is InChI=1S/C21H32O2/c1-2-3-4-5-6-7-8-9-10-11-12-13-15-19-18-20(19)16-14-17-21(22)23/h6-7,9-13,15,19-20H,2-5,8,14,16-18H2,1H3,(H,22,23)/b7-6-,10-9-,12-11+,15-13+. The Bertz CT molecular complexity index is 429. The molecule has 0 aromatic carbocycles. The molecule has 0 amide bonds. The molecule has 1 N–H and O–H groups in total. The molecule has 1 aliphatic rings. The summed E-state index contributed by atoms with van der Waals surface area (Å²) >= 11 is 0. The molecule has 0 spiro atoms. The molecule has 0 radical (unpaired) electrons. The summed E-state index contributed by atoms with van der Waals surface area (Å²) in [5.41, 5.74) is 0. The van der Waals surface area contributed by atoms with Crippen molar-refractivity contribution < 1.29 is 9.90 Å². The van der Waals surface area contributed by atoms with Gasteiger partial charge in [0, 0.05) is 6.42 Å². The second kappa shape index (κ2) is 12.9. The van der Waals surface area contributed by atoms with Gasteiger partial charge in [0.2, 0.25) is 0 Å². The smallest absolute Gasteiger partial charge is 0.303 e. The maximum atomic E-state index is 10.4. The van der Waals surface area contributed by atoms with Gasteiger partial charge in [-0.3, -0.25) is 4.79 Å². The van der Waals surface area contributed by atoms with E-state index >= 15 is 0 Å². The van der Waals surface area contributed by atoms with Gasteiger partial charge in [-0.2, -0.15) is 0 Å². The molecule has 0 aliphatic heterocycles. The summed E-state index contributed by atoms with van der Waals surface area (Å²) in [5, 5.41) is 8.61. The van der Waals surface area contributed by atoms with Gasteiger partial charge < -0.3 is 5.11 Å². The maximum absolute atomic E-state index is 10.4. The van der Waals surface area contributed by atoms with E-state index in [4.69, 9.17) is 5.11 Å². The van der Waals surface area contributed by atoms with E-state index in [-0.39, 0.29) is 0 Å². The topological polar surface area (TPSA) is 37.3 Å². The van der Waals surface area contributed by atoms with Crippen LogP contribution in [0.3, 0.4) is 0 Å². The fourth-order valence-electron chi connectivity index (χ4n) is 2.65. The third kappa shape index (κ3) is 11.6. The molecule has 23 heavy (non-hydrogen) atoms. The van der Waals surface area contributed by atoms with Crippen molar-refractivity contribution in [2.45, 2.75) is 64.7 Å². The highest BCUT2D eigenvalue weighted by Crippen LogP contribution is 2.43. The van der Waals surface area contributed by atoms with Gasteiger partial charge in [0.1, 0.15) is 0 Å². The Morgan fingerprint density at radius 1 is 1.04 bits per heavy atom. The lowest BCUT2D eigenvalue weighted by Gasteiger charge is -1.94. The van der Waals surface area contributed by atoms with Crippen LogP contribution in [0.25, 0.3) is 0 Å². The highest BCUT2D eigenvalue weighted by Gasteiger charge is 2.33. The molecule has 2 unspecified atom stereocenters. The van der Waals surface area contributed by atoms with Crippen molar-refractivity contribution in [3.8, 4) is 0 Å². The first-order valence-electron chi connectivity index (χ1n) is 9.10. The predicted octanol–water partition coefficient (Wildman–Crippen LogP) is 6.07. The summed E-state index contributed by atoms with van der Waals surface area (Å²) in [4.78, 5) is 10.4. The van der Waals surface area contributed by atoms with Crippen LogP contribution in [-0.2, 0) is 4.79 Å². The van der Waals surface area contributed by atoms with Crippen molar-refractivity contribution in [1.29, 1.82) is 0 Å². The van der Waals surface area contributed by atoms with Crippen molar-refractivity contribution >= 4 is 5.97 Å². The second-order valence-electron chi connectivity index (χ2n) is 6.35.